The van der Waals surface area contributed by atoms with Gasteiger partial charge < -0.3 is 4.80 Å². The van der Waals surface area contributed by atoms with Crippen LogP contribution in [0.15, 0.2) is 0 Å². The molecule has 0 aliphatic carbocycles. The van der Waals surface area contributed by atoms with Crippen LogP contribution in [-0.2, 0) is 0 Å². The molecule has 3 heteroatoms. The first kappa shape index (κ1) is 12.8. The Bertz CT molecular complexity index is 68.0. The molecular weight excluding hydrogens is 139 g/mol. The van der Waals surface area contributed by atoms with Gasteiger partial charge >= 0.3 is 29.6 Å². The van der Waals surface area contributed by atoms with Crippen LogP contribution in [0.25, 0.3) is 0 Å². The molecule has 0 saturated heterocycles. The zero-order chi connectivity index (χ0) is 7.00. The number of hydrogen-bond acceptors (Lipinski definition) is 1. The van der Waals surface area contributed by atoms with Crippen molar-refractivity contribution in [3.8, 4) is 0 Å². The van der Waals surface area contributed by atoms with Crippen molar-refractivity contribution in [1.29, 1.82) is 0 Å². The fourth-order valence-corrected chi connectivity index (χ4v) is 0. The molecular formula is C6H17NaOSi. The summed E-state index contributed by atoms with van der Waals surface area (Å²) in [6, 6.07) is 0. The molecule has 0 bridgehead atoms. The number of rotatable bonds is 0. The van der Waals surface area contributed by atoms with Gasteiger partial charge in [0, 0.05) is 0 Å². The third-order valence-electron chi connectivity index (χ3n) is 1.84. The molecule has 52 valence electrons. The van der Waals surface area contributed by atoms with Gasteiger partial charge in [0.15, 0.2) is 8.32 Å². The summed E-state index contributed by atoms with van der Waals surface area (Å²) in [6.45, 7) is 10.2. The predicted molar refractivity (Wildman–Crippen MR) is 46.6 cm³/mol. The van der Waals surface area contributed by atoms with Gasteiger partial charge in [-0.15, -0.1) is 0 Å². The second-order valence-electron chi connectivity index (χ2n) is 3.81. The molecule has 0 aliphatic heterocycles. The molecule has 9 heavy (non-hydrogen) atoms. The molecule has 0 radical (unpaired) electrons. The average Bonchev–Trinajstić information content (AvgIpc) is 1.25. The standard InChI is InChI=1S/C6H16OSi.Na.H/c1-6(2,3)8(4,5)7;;/h7H,1-5H3;;. The van der Waals surface area contributed by atoms with Gasteiger partial charge in [-0.05, 0) is 18.1 Å². The van der Waals surface area contributed by atoms with E-state index in [4.69, 9.17) is 0 Å². The summed E-state index contributed by atoms with van der Waals surface area (Å²) >= 11 is 0. The summed E-state index contributed by atoms with van der Waals surface area (Å²) in [4.78, 5) is 9.49. The summed E-state index contributed by atoms with van der Waals surface area (Å²) in [5.74, 6) is 0. The molecule has 0 aromatic carbocycles. The fourth-order valence-electron chi connectivity index (χ4n) is 0. The van der Waals surface area contributed by atoms with E-state index in [1.54, 1.807) is 0 Å². The van der Waals surface area contributed by atoms with Crippen LogP contribution in [0.4, 0.5) is 0 Å². The zero-order valence-electron chi connectivity index (χ0n) is 6.45. The molecule has 1 N–H and O–H groups in total. The third kappa shape index (κ3) is 4.56. The Kier molecular flexibility index (Phi) is 5.03. The maximum absolute atomic E-state index is 9.49. The van der Waals surface area contributed by atoms with Crippen LogP contribution in [0.5, 0.6) is 0 Å². The molecule has 0 fully saturated rings. The van der Waals surface area contributed by atoms with Crippen molar-refractivity contribution in [3.05, 3.63) is 0 Å². The van der Waals surface area contributed by atoms with E-state index in [-0.39, 0.29) is 34.6 Å². The normalized spacial score (nSPS) is 12.7. The number of hydrogen-bond donors (Lipinski definition) is 1. The molecule has 0 amide bonds. The van der Waals surface area contributed by atoms with E-state index in [2.05, 4.69) is 20.8 Å². The molecule has 1 nitrogen and oxygen atoms in total. The molecule has 0 aromatic rings. The van der Waals surface area contributed by atoms with Crippen molar-refractivity contribution in [2.75, 3.05) is 0 Å². The van der Waals surface area contributed by atoms with Crippen molar-refractivity contribution in [1.82, 2.24) is 0 Å². The van der Waals surface area contributed by atoms with E-state index in [1.165, 1.54) is 0 Å². The van der Waals surface area contributed by atoms with Gasteiger partial charge in [-0.25, -0.2) is 0 Å². The van der Waals surface area contributed by atoms with Gasteiger partial charge in [-0.1, -0.05) is 20.8 Å². The summed E-state index contributed by atoms with van der Waals surface area (Å²) in [5, 5.41) is 0.132. The fraction of sp³-hybridized carbons (Fsp3) is 1.00. The molecule has 0 spiro atoms. The molecule has 0 aliphatic rings. The van der Waals surface area contributed by atoms with Crippen LogP contribution in [0.3, 0.4) is 0 Å². The van der Waals surface area contributed by atoms with Gasteiger partial charge in [0.25, 0.3) is 0 Å². The summed E-state index contributed by atoms with van der Waals surface area (Å²) in [7, 11) is -1.86. The Labute approximate surface area is 81.3 Å². The van der Waals surface area contributed by atoms with Crippen molar-refractivity contribution >= 4 is 37.9 Å². The first-order valence-electron chi connectivity index (χ1n) is 2.97. The Balaban J connectivity index is 0. The van der Waals surface area contributed by atoms with Crippen molar-refractivity contribution in [2.24, 2.45) is 0 Å². The Morgan fingerprint density at radius 1 is 1.11 bits per heavy atom. The van der Waals surface area contributed by atoms with Gasteiger partial charge in [-0.2, -0.15) is 0 Å². The van der Waals surface area contributed by atoms with E-state index in [0.717, 1.165) is 0 Å². The monoisotopic (exact) mass is 156 g/mol. The summed E-state index contributed by atoms with van der Waals surface area (Å²) in [5.41, 5.74) is 0. The van der Waals surface area contributed by atoms with Gasteiger partial charge in [0.1, 0.15) is 0 Å². The average molecular weight is 156 g/mol. The topological polar surface area (TPSA) is 20.2 Å². The molecule has 0 heterocycles. The summed E-state index contributed by atoms with van der Waals surface area (Å²) in [6.07, 6.45) is 0. The second-order valence-corrected chi connectivity index (χ2v) is 8.43. The zero-order valence-corrected chi connectivity index (χ0v) is 7.45. The third-order valence-corrected chi connectivity index (χ3v) is 5.51. The Morgan fingerprint density at radius 3 is 1.22 bits per heavy atom. The van der Waals surface area contributed by atoms with Gasteiger partial charge in [-0.3, -0.25) is 0 Å². The molecule has 0 atom stereocenters. The minimum atomic E-state index is -1.86. The van der Waals surface area contributed by atoms with Gasteiger partial charge in [0.05, 0.1) is 0 Å². The van der Waals surface area contributed by atoms with E-state index in [0.29, 0.717) is 0 Å². The van der Waals surface area contributed by atoms with Crippen LogP contribution < -0.4 is 0 Å². The van der Waals surface area contributed by atoms with E-state index in [1.807, 2.05) is 13.1 Å². The first-order valence-corrected chi connectivity index (χ1v) is 5.92. The Morgan fingerprint density at radius 2 is 1.22 bits per heavy atom. The van der Waals surface area contributed by atoms with E-state index in [9.17, 15) is 4.80 Å². The summed E-state index contributed by atoms with van der Waals surface area (Å²) < 4.78 is 0. The van der Waals surface area contributed by atoms with Gasteiger partial charge in [0.2, 0.25) is 0 Å². The van der Waals surface area contributed by atoms with Crippen LogP contribution in [0.1, 0.15) is 20.8 Å². The molecule has 0 aromatic heterocycles. The van der Waals surface area contributed by atoms with Crippen molar-refractivity contribution in [2.45, 2.75) is 38.9 Å². The minimum absolute atomic E-state index is 0. The maximum atomic E-state index is 9.49. The van der Waals surface area contributed by atoms with Crippen LogP contribution >= 0.6 is 0 Å². The van der Waals surface area contributed by atoms with Crippen LogP contribution in [-0.4, -0.2) is 42.7 Å². The SMILES string of the molecule is CC(C)(C)[Si](C)(C)O.[NaH]. The Hall–Kier alpha value is 1.18. The van der Waals surface area contributed by atoms with Crippen molar-refractivity contribution in [3.63, 3.8) is 0 Å². The first-order chi connectivity index (χ1) is 3.25. The predicted octanol–water partition coefficient (Wildman–Crippen LogP) is 1.34. The molecule has 0 saturated carbocycles. The molecule has 0 rings (SSSR count). The quantitative estimate of drug-likeness (QED) is 0.525. The van der Waals surface area contributed by atoms with Crippen LogP contribution in [0, 0.1) is 0 Å². The van der Waals surface area contributed by atoms with E-state index < -0.39 is 8.32 Å². The molecule has 0 unspecified atom stereocenters. The van der Waals surface area contributed by atoms with E-state index >= 15 is 0 Å². The van der Waals surface area contributed by atoms with Crippen molar-refractivity contribution < 1.29 is 4.80 Å². The van der Waals surface area contributed by atoms with Crippen LogP contribution in [0.2, 0.25) is 18.1 Å². The second kappa shape index (κ2) is 3.53.